The predicted molar refractivity (Wildman–Crippen MR) is 76.1 cm³/mol. The highest BCUT2D eigenvalue weighted by Gasteiger charge is 2.09. The molecular formula is C14H27N3O2. The second kappa shape index (κ2) is 8.30. The predicted octanol–water partition coefficient (Wildman–Crippen LogP) is 1.82. The van der Waals surface area contributed by atoms with E-state index in [1.54, 1.807) is 7.11 Å². The molecule has 0 bridgehead atoms. The number of ether oxygens (including phenoxy) is 2. The Balaban J connectivity index is 2.16. The highest BCUT2D eigenvalue weighted by atomic mass is 16.5. The first-order valence-corrected chi connectivity index (χ1v) is 6.84. The molecule has 1 N–H and O–H groups in total. The molecule has 19 heavy (non-hydrogen) atoms. The van der Waals surface area contributed by atoms with Crippen LogP contribution in [0.15, 0.2) is 12.4 Å². The van der Waals surface area contributed by atoms with Crippen LogP contribution < -0.4 is 5.32 Å². The molecule has 0 aliphatic rings. The average molecular weight is 269 g/mol. The van der Waals surface area contributed by atoms with Crippen molar-refractivity contribution < 1.29 is 9.47 Å². The summed E-state index contributed by atoms with van der Waals surface area (Å²) in [6.45, 7) is 10.3. The number of aryl methyl sites for hydroxylation is 1. The maximum atomic E-state index is 5.42. The number of rotatable bonds is 9. The van der Waals surface area contributed by atoms with Gasteiger partial charge in [-0.25, -0.2) is 0 Å². The van der Waals surface area contributed by atoms with Gasteiger partial charge in [-0.1, -0.05) is 0 Å². The van der Waals surface area contributed by atoms with E-state index in [0.29, 0.717) is 13.2 Å². The van der Waals surface area contributed by atoms with E-state index in [1.165, 1.54) is 5.56 Å². The van der Waals surface area contributed by atoms with Crippen LogP contribution in [-0.4, -0.2) is 42.2 Å². The fraction of sp³-hybridized carbons (Fsp3) is 0.786. The van der Waals surface area contributed by atoms with Gasteiger partial charge in [0.15, 0.2) is 0 Å². The van der Waals surface area contributed by atoms with Crippen LogP contribution in [0.25, 0.3) is 0 Å². The zero-order valence-corrected chi connectivity index (χ0v) is 12.6. The lowest BCUT2D eigenvalue weighted by Crippen LogP contribution is -2.34. The summed E-state index contributed by atoms with van der Waals surface area (Å²) in [5, 5.41) is 7.80. The first kappa shape index (κ1) is 16.1. The van der Waals surface area contributed by atoms with E-state index in [-0.39, 0.29) is 5.54 Å². The van der Waals surface area contributed by atoms with Crippen LogP contribution in [0.3, 0.4) is 0 Å². The first-order valence-electron chi connectivity index (χ1n) is 6.84. The van der Waals surface area contributed by atoms with E-state index in [4.69, 9.17) is 9.47 Å². The Morgan fingerprint density at radius 1 is 1.26 bits per heavy atom. The molecule has 5 heteroatoms. The Bertz CT molecular complexity index is 345. The Morgan fingerprint density at radius 3 is 2.74 bits per heavy atom. The van der Waals surface area contributed by atoms with Gasteiger partial charge in [-0.2, -0.15) is 5.10 Å². The van der Waals surface area contributed by atoms with Crippen LogP contribution >= 0.6 is 0 Å². The fourth-order valence-electron chi connectivity index (χ4n) is 1.56. The molecule has 5 nitrogen and oxygen atoms in total. The number of hydrogen-bond donors (Lipinski definition) is 1. The minimum atomic E-state index is 0.136. The lowest BCUT2D eigenvalue weighted by Gasteiger charge is -2.19. The summed E-state index contributed by atoms with van der Waals surface area (Å²) in [5.41, 5.74) is 1.35. The van der Waals surface area contributed by atoms with E-state index in [2.05, 4.69) is 37.4 Å². The highest BCUT2D eigenvalue weighted by molar-refractivity contribution is 5.03. The zero-order valence-electron chi connectivity index (χ0n) is 12.6. The Labute approximate surface area is 116 Å². The maximum Gasteiger partial charge on any atom is 0.0700 e. The largest absolute Gasteiger partial charge is 0.382 e. The van der Waals surface area contributed by atoms with Crippen molar-refractivity contribution in [3.05, 3.63) is 18.0 Å². The standard InChI is InChI=1S/C14H27N3O2/c1-14(2,3)15-10-13-11-16-17(12-13)6-5-7-19-9-8-18-4/h11-12,15H,5-10H2,1-4H3. The van der Waals surface area contributed by atoms with Crippen molar-refractivity contribution in [3.8, 4) is 0 Å². The van der Waals surface area contributed by atoms with Crippen molar-refractivity contribution in [1.82, 2.24) is 15.1 Å². The maximum absolute atomic E-state index is 5.42. The van der Waals surface area contributed by atoms with Crippen molar-refractivity contribution in [2.75, 3.05) is 26.9 Å². The molecule has 0 spiro atoms. The molecule has 0 aliphatic carbocycles. The third-order valence-electron chi connectivity index (χ3n) is 2.62. The summed E-state index contributed by atoms with van der Waals surface area (Å²) in [6, 6.07) is 0. The molecule has 0 radical (unpaired) electrons. The molecule has 0 atom stereocenters. The molecule has 0 fully saturated rings. The van der Waals surface area contributed by atoms with E-state index in [0.717, 1.165) is 26.1 Å². The van der Waals surface area contributed by atoms with Crippen LogP contribution in [0.4, 0.5) is 0 Å². The van der Waals surface area contributed by atoms with Crippen LogP contribution in [0.1, 0.15) is 32.8 Å². The van der Waals surface area contributed by atoms with E-state index in [9.17, 15) is 0 Å². The fourth-order valence-corrected chi connectivity index (χ4v) is 1.56. The second-order valence-corrected chi connectivity index (χ2v) is 5.67. The van der Waals surface area contributed by atoms with E-state index >= 15 is 0 Å². The molecule has 1 aromatic rings. The Morgan fingerprint density at radius 2 is 2.05 bits per heavy atom. The van der Waals surface area contributed by atoms with Gasteiger partial charge in [0, 0.05) is 44.1 Å². The van der Waals surface area contributed by atoms with Crippen molar-refractivity contribution in [2.24, 2.45) is 0 Å². The summed E-state index contributed by atoms with van der Waals surface area (Å²) in [5.74, 6) is 0. The van der Waals surface area contributed by atoms with Gasteiger partial charge in [-0.3, -0.25) is 4.68 Å². The van der Waals surface area contributed by atoms with E-state index < -0.39 is 0 Å². The van der Waals surface area contributed by atoms with Crippen molar-refractivity contribution >= 4 is 0 Å². The molecular weight excluding hydrogens is 242 g/mol. The molecule has 1 heterocycles. The summed E-state index contributed by atoms with van der Waals surface area (Å²) in [4.78, 5) is 0. The number of nitrogens with zero attached hydrogens (tertiary/aromatic N) is 2. The van der Waals surface area contributed by atoms with Crippen LogP contribution in [0.5, 0.6) is 0 Å². The quantitative estimate of drug-likeness (QED) is 0.695. The third-order valence-corrected chi connectivity index (χ3v) is 2.62. The van der Waals surface area contributed by atoms with Gasteiger partial charge in [0.2, 0.25) is 0 Å². The van der Waals surface area contributed by atoms with E-state index in [1.807, 2.05) is 10.9 Å². The minimum absolute atomic E-state index is 0.136. The van der Waals surface area contributed by atoms with Gasteiger partial charge in [-0.05, 0) is 27.2 Å². The van der Waals surface area contributed by atoms with Gasteiger partial charge in [0.05, 0.1) is 19.4 Å². The number of hydrogen-bond acceptors (Lipinski definition) is 4. The number of aromatic nitrogens is 2. The van der Waals surface area contributed by atoms with Gasteiger partial charge in [0.25, 0.3) is 0 Å². The van der Waals surface area contributed by atoms with Crippen LogP contribution in [0, 0.1) is 0 Å². The lowest BCUT2D eigenvalue weighted by molar-refractivity contribution is 0.0677. The number of nitrogens with one attached hydrogen (secondary N) is 1. The molecule has 0 unspecified atom stereocenters. The first-order chi connectivity index (χ1) is 9.01. The molecule has 0 saturated heterocycles. The molecule has 0 amide bonds. The molecule has 1 rings (SSSR count). The summed E-state index contributed by atoms with van der Waals surface area (Å²) >= 11 is 0. The highest BCUT2D eigenvalue weighted by Crippen LogP contribution is 2.04. The molecule has 0 aliphatic heterocycles. The SMILES string of the molecule is COCCOCCCn1cc(CNC(C)(C)C)cn1. The topological polar surface area (TPSA) is 48.3 Å². The normalized spacial score (nSPS) is 12.0. The summed E-state index contributed by atoms with van der Waals surface area (Å²) < 4.78 is 12.3. The Hall–Kier alpha value is -0.910. The molecule has 0 saturated carbocycles. The second-order valence-electron chi connectivity index (χ2n) is 5.67. The smallest absolute Gasteiger partial charge is 0.0700 e. The Kier molecular flexibility index (Phi) is 7.05. The van der Waals surface area contributed by atoms with Gasteiger partial charge >= 0.3 is 0 Å². The zero-order chi connectivity index (χ0) is 14.1. The summed E-state index contributed by atoms with van der Waals surface area (Å²) in [6.07, 6.45) is 4.98. The monoisotopic (exact) mass is 269 g/mol. The average Bonchev–Trinajstić information content (AvgIpc) is 2.78. The molecule has 110 valence electrons. The lowest BCUT2D eigenvalue weighted by atomic mass is 10.1. The van der Waals surface area contributed by atoms with Gasteiger partial charge in [-0.15, -0.1) is 0 Å². The van der Waals surface area contributed by atoms with Crippen molar-refractivity contribution in [3.63, 3.8) is 0 Å². The van der Waals surface area contributed by atoms with Crippen LogP contribution in [0.2, 0.25) is 0 Å². The summed E-state index contributed by atoms with van der Waals surface area (Å²) in [7, 11) is 1.68. The molecule has 1 aromatic heterocycles. The van der Waals surface area contributed by atoms with Gasteiger partial charge < -0.3 is 14.8 Å². The third kappa shape index (κ3) is 7.97. The van der Waals surface area contributed by atoms with Crippen molar-refractivity contribution in [2.45, 2.75) is 45.8 Å². The van der Waals surface area contributed by atoms with Gasteiger partial charge in [0.1, 0.15) is 0 Å². The number of methoxy groups -OCH3 is 1. The minimum Gasteiger partial charge on any atom is -0.382 e. The van der Waals surface area contributed by atoms with Crippen LogP contribution in [-0.2, 0) is 22.6 Å². The van der Waals surface area contributed by atoms with Crippen molar-refractivity contribution in [1.29, 1.82) is 0 Å². The molecule has 0 aromatic carbocycles.